The highest BCUT2D eigenvalue weighted by Crippen LogP contribution is 2.27. The number of carbonyl (C=O) groups excluding carboxylic acids is 1. The van der Waals surface area contributed by atoms with Crippen molar-refractivity contribution >= 4 is 23.3 Å². The van der Waals surface area contributed by atoms with Crippen LogP contribution in [0.15, 0.2) is 18.2 Å². The Labute approximate surface area is 112 Å². The first-order chi connectivity index (χ1) is 8.56. The third-order valence-corrected chi connectivity index (χ3v) is 3.67. The maximum absolute atomic E-state index is 12.0. The predicted molar refractivity (Wildman–Crippen MR) is 72.7 cm³/mol. The molecule has 0 amide bonds. The second kappa shape index (κ2) is 5.61. The molecule has 0 aromatic heterocycles. The molecule has 2 atom stereocenters. The van der Waals surface area contributed by atoms with Crippen molar-refractivity contribution in [3.63, 3.8) is 0 Å². The molecule has 0 radical (unpaired) electrons. The molecule has 98 valence electrons. The fraction of sp³-hybridized carbons (Fsp3) is 0.500. The van der Waals surface area contributed by atoms with Crippen molar-refractivity contribution in [3.8, 4) is 0 Å². The number of nitrogens with two attached hydrogens (primary N) is 1. The van der Waals surface area contributed by atoms with Gasteiger partial charge in [0.1, 0.15) is 6.10 Å². The van der Waals surface area contributed by atoms with Gasteiger partial charge in [0, 0.05) is 10.7 Å². The summed E-state index contributed by atoms with van der Waals surface area (Å²) in [5, 5.41) is 0.457. The van der Waals surface area contributed by atoms with E-state index in [2.05, 4.69) is 6.92 Å². The largest absolute Gasteiger partial charge is 0.458 e. The number of benzene rings is 1. The summed E-state index contributed by atoms with van der Waals surface area (Å²) in [6, 6.07) is 4.80. The van der Waals surface area contributed by atoms with Crippen LogP contribution in [0.4, 0.5) is 5.69 Å². The van der Waals surface area contributed by atoms with Gasteiger partial charge < -0.3 is 10.5 Å². The normalized spacial score (nSPS) is 23.7. The molecule has 1 fully saturated rings. The number of anilines is 1. The fourth-order valence-corrected chi connectivity index (χ4v) is 2.64. The lowest BCUT2D eigenvalue weighted by Crippen LogP contribution is -2.28. The maximum atomic E-state index is 12.0. The van der Waals surface area contributed by atoms with E-state index in [0.29, 0.717) is 22.2 Å². The molecule has 0 spiro atoms. The van der Waals surface area contributed by atoms with Gasteiger partial charge in [0.25, 0.3) is 0 Å². The molecule has 0 aliphatic heterocycles. The first-order valence-corrected chi connectivity index (χ1v) is 6.71. The Kier molecular flexibility index (Phi) is 4.12. The van der Waals surface area contributed by atoms with Crippen LogP contribution in [0.5, 0.6) is 0 Å². The van der Waals surface area contributed by atoms with Crippen LogP contribution >= 0.6 is 11.6 Å². The van der Waals surface area contributed by atoms with Gasteiger partial charge in [-0.2, -0.15) is 0 Å². The SMILES string of the molecule is CC1CCCCC1OC(=O)c1cc(N)cc(Cl)c1. The Balaban J connectivity index is 2.06. The van der Waals surface area contributed by atoms with Crippen LogP contribution in [-0.2, 0) is 4.74 Å². The summed E-state index contributed by atoms with van der Waals surface area (Å²) >= 11 is 5.88. The van der Waals surface area contributed by atoms with Crippen molar-refractivity contribution in [2.75, 3.05) is 5.73 Å². The number of hydrogen-bond acceptors (Lipinski definition) is 3. The summed E-state index contributed by atoms with van der Waals surface area (Å²) in [4.78, 5) is 12.0. The molecular formula is C14H18ClNO2. The van der Waals surface area contributed by atoms with Crippen molar-refractivity contribution in [2.24, 2.45) is 5.92 Å². The molecule has 4 heteroatoms. The highest BCUT2D eigenvalue weighted by molar-refractivity contribution is 6.31. The van der Waals surface area contributed by atoms with E-state index in [1.54, 1.807) is 18.2 Å². The van der Waals surface area contributed by atoms with Crippen LogP contribution in [0.3, 0.4) is 0 Å². The van der Waals surface area contributed by atoms with Crippen LogP contribution in [0.1, 0.15) is 43.0 Å². The van der Waals surface area contributed by atoms with Gasteiger partial charge in [0.05, 0.1) is 5.56 Å². The zero-order valence-electron chi connectivity index (χ0n) is 10.5. The molecule has 2 rings (SSSR count). The molecule has 2 unspecified atom stereocenters. The lowest BCUT2D eigenvalue weighted by molar-refractivity contribution is 0.00482. The lowest BCUT2D eigenvalue weighted by Gasteiger charge is -2.28. The van der Waals surface area contributed by atoms with Crippen molar-refractivity contribution in [2.45, 2.75) is 38.7 Å². The van der Waals surface area contributed by atoms with Gasteiger partial charge >= 0.3 is 5.97 Å². The minimum Gasteiger partial charge on any atom is -0.458 e. The average Bonchev–Trinajstić information content (AvgIpc) is 2.31. The zero-order valence-corrected chi connectivity index (χ0v) is 11.2. The van der Waals surface area contributed by atoms with Crippen LogP contribution in [0.2, 0.25) is 5.02 Å². The number of halogens is 1. The van der Waals surface area contributed by atoms with Crippen LogP contribution in [0, 0.1) is 5.92 Å². The molecule has 18 heavy (non-hydrogen) atoms. The van der Waals surface area contributed by atoms with E-state index in [1.807, 2.05) is 0 Å². The van der Waals surface area contributed by atoms with Crippen LogP contribution < -0.4 is 5.73 Å². The minimum atomic E-state index is -0.331. The fourth-order valence-electron chi connectivity index (χ4n) is 2.39. The van der Waals surface area contributed by atoms with Crippen molar-refractivity contribution < 1.29 is 9.53 Å². The Bertz CT molecular complexity index is 427. The molecule has 1 aliphatic rings. The molecule has 1 aromatic carbocycles. The molecule has 2 N–H and O–H groups in total. The predicted octanol–water partition coefficient (Wildman–Crippen LogP) is 3.66. The van der Waals surface area contributed by atoms with Crippen molar-refractivity contribution in [3.05, 3.63) is 28.8 Å². The first-order valence-electron chi connectivity index (χ1n) is 6.33. The van der Waals surface area contributed by atoms with Gasteiger partial charge in [0.15, 0.2) is 0 Å². The Hall–Kier alpha value is -1.22. The number of hydrogen-bond donors (Lipinski definition) is 1. The second-order valence-electron chi connectivity index (χ2n) is 4.98. The highest BCUT2D eigenvalue weighted by atomic mass is 35.5. The van der Waals surface area contributed by atoms with Gasteiger partial charge in [-0.3, -0.25) is 0 Å². The molecule has 0 bridgehead atoms. The maximum Gasteiger partial charge on any atom is 0.338 e. The number of carbonyl (C=O) groups is 1. The summed E-state index contributed by atoms with van der Waals surface area (Å²) in [5.41, 5.74) is 6.57. The summed E-state index contributed by atoms with van der Waals surface area (Å²) in [7, 11) is 0. The van der Waals surface area contributed by atoms with Gasteiger partial charge in [-0.25, -0.2) is 4.79 Å². The van der Waals surface area contributed by atoms with E-state index >= 15 is 0 Å². The smallest absolute Gasteiger partial charge is 0.338 e. The van der Waals surface area contributed by atoms with Gasteiger partial charge in [-0.05, 0) is 43.4 Å². The highest BCUT2D eigenvalue weighted by Gasteiger charge is 2.25. The number of esters is 1. The second-order valence-corrected chi connectivity index (χ2v) is 5.42. The molecule has 1 aromatic rings. The monoisotopic (exact) mass is 267 g/mol. The Morgan fingerprint density at radius 3 is 2.72 bits per heavy atom. The summed E-state index contributed by atoms with van der Waals surface area (Å²) in [6.45, 7) is 2.13. The molecule has 1 aliphatic carbocycles. The van der Waals surface area contributed by atoms with Crippen molar-refractivity contribution in [1.29, 1.82) is 0 Å². The Morgan fingerprint density at radius 1 is 1.33 bits per heavy atom. The van der Waals surface area contributed by atoms with Crippen molar-refractivity contribution in [1.82, 2.24) is 0 Å². The molecular weight excluding hydrogens is 250 g/mol. The minimum absolute atomic E-state index is 0.0199. The molecule has 0 saturated heterocycles. The average molecular weight is 268 g/mol. The van der Waals surface area contributed by atoms with E-state index in [1.165, 1.54) is 6.42 Å². The third-order valence-electron chi connectivity index (χ3n) is 3.45. The van der Waals surface area contributed by atoms with E-state index in [-0.39, 0.29) is 12.1 Å². The van der Waals surface area contributed by atoms with E-state index in [0.717, 1.165) is 19.3 Å². The summed E-state index contributed by atoms with van der Waals surface area (Å²) < 4.78 is 5.55. The van der Waals surface area contributed by atoms with Gasteiger partial charge in [-0.1, -0.05) is 24.9 Å². The van der Waals surface area contributed by atoms with Gasteiger partial charge in [0.2, 0.25) is 0 Å². The van der Waals surface area contributed by atoms with Crippen LogP contribution in [-0.4, -0.2) is 12.1 Å². The standard InChI is InChI=1S/C14H18ClNO2/c1-9-4-2-3-5-13(9)18-14(17)10-6-11(15)8-12(16)7-10/h6-9,13H,2-5,16H2,1H3. The topological polar surface area (TPSA) is 52.3 Å². The molecule has 3 nitrogen and oxygen atoms in total. The zero-order chi connectivity index (χ0) is 13.1. The van der Waals surface area contributed by atoms with Crippen LogP contribution in [0.25, 0.3) is 0 Å². The molecule has 1 saturated carbocycles. The van der Waals surface area contributed by atoms with E-state index in [9.17, 15) is 4.79 Å². The third kappa shape index (κ3) is 3.16. The summed E-state index contributed by atoms with van der Waals surface area (Å²) in [6.07, 6.45) is 4.43. The molecule has 0 heterocycles. The lowest BCUT2D eigenvalue weighted by atomic mass is 9.88. The first kappa shape index (κ1) is 13.2. The van der Waals surface area contributed by atoms with E-state index in [4.69, 9.17) is 22.1 Å². The quantitative estimate of drug-likeness (QED) is 0.657. The van der Waals surface area contributed by atoms with E-state index < -0.39 is 0 Å². The number of nitrogen functional groups attached to an aromatic ring is 1. The van der Waals surface area contributed by atoms with Gasteiger partial charge in [-0.15, -0.1) is 0 Å². The number of rotatable bonds is 2. The Morgan fingerprint density at radius 2 is 2.06 bits per heavy atom. The summed E-state index contributed by atoms with van der Waals surface area (Å²) in [5.74, 6) is 0.0992. The number of ether oxygens (including phenoxy) is 1.